The highest BCUT2D eigenvalue weighted by Crippen LogP contribution is 2.37. The van der Waals surface area contributed by atoms with Crippen LogP contribution in [0.3, 0.4) is 0 Å². The van der Waals surface area contributed by atoms with E-state index in [1.165, 1.54) is 36.2 Å². The lowest BCUT2D eigenvalue weighted by atomic mass is 10.0. The van der Waals surface area contributed by atoms with Gasteiger partial charge in [-0.1, -0.05) is 0 Å². The number of methoxy groups -OCH3 is 1. The SMILES string of the molecule is COc1cc(-c2cnc3cc(O[C@@H](C)C(C)(C)O)cnn23)cc(OC(F)F)c1C(=O)NC1C[C@@H]1F. The van der Waals surface area contributed by atoms with Gasteiger partial charge in [0.25, 0.3) is 5.91 Å². The van der Waals surface area contributed by atoms with Crippen LogP contribution >= 0.6 is 0 Å². The number of aliphatic hydroxyl groups is 1. The van der Waals surface area contributed by atoms with Gasteiger partial charge in [0.15, 0.2) is 5.65 Å². The zero-order chi connectivity index (χ0) is 25.5. The molecule has 188 valence electrons. The van der Waals surface area contributed by atoms with E-state index in [0.717, 1.165) is 0 Å². The molecule has 2 aromatic heterocycles. The van der Waals surface area contributed by atoms with Crippen LogP contribution in [-0.4, -0.2) is 63.3 Å². The molecule has 3 aromatic rings. The predicted molar refractivity (Wildman–Crippen MR) is 119 cm³/mol. The molecule has 4 rings (SSSR count). The number of benzene rings is 1. The quantitative estimate of drug-likeness (QED) is 0.470. The molecule has 2 heterocycles. The monoisotopic (exact) mass is 494 g/mol. The van der Waals surface area contributed by atoms with E-state index < -0.39 is 42.2 Å². The van der Waals surface area contributed by atoms with Gasteiger partial charge in [-0.15, -0.1) is 0 Å². The van der Waals surface area contributed by atoms with Gasteiger partial charge in [-0.05, 0) is 32.9 Å². The number of carbonyl (C=O) groups is 1. The fraction of sp³-hybridized carbons (Fsp3) is 0.435. The van der Waals surface area contributed by atoms with E-state index in [2.05, 4.69) is 20.1 Å². The van der Waals surface area contributed by atoms with Crippen molar-refractivity contribution in [1.82, 2.24) is 19.9 Å². The summed E-state index contributed by atoms with van der Waals surface area (Å²) in [6.07, 6.45) is 1.35. The van der Waals surface area contributed by atoms with Crippen LogP contribution in [0.15, 0.2) is 30.6 Å². The Morgan fingerprint density at radius 3 is 2.51 bits per heavy atom. The van der Waals surface area contributed by atoms with Crippen molar-refractivity contribution in [2.24, 2.45) is 0 Å². The first-order chi connectivity index (χ1) is 16.5. The minimum absolute atomic E-state index is 0.0411. The predicted octanol–water partition coefficient (Wildman–Crippen LogP) is 3.38. The maximum Gasteiger partial charge on any atom is 0.387 e. The molecule has 12 heteroatoms. The van der Waals surface area contributed by atoms with Gasteiger partial charge < -0.3 is 24.6 Å². The summed E-state index contributed by atoms with van der Waals surface area (Å²) >= 11 is 0. The van der Waals surface area contributed by atoms with E-state index in [-0.39, 0.29) is 17.7 Å². The number of fused-ring (bicyclic) bond motifs is 1. The third-order valence-corrected chi connectivity index (χ3v) is 5.70. The highest BCUT2D eigenvalue weighted by Gasteiger charge is 2.40. The summed E-state index contributed by atoms with van der Waals surface area (Å²) < 4.78 is 56.7. The van der Waals surface area contributed by atoms with Crippen molar-refractivity contribution in [2.45, 2.75) is 57.7 Å². The van der Waals surface area contributed by atoms with Gasteiger partial charge >= 0.3 is 6.61 Å². The molecule has 9 nitrogen and oxygen atoms in total. The topological polar surface area (TPSA) is 107 Å². The van der Waals surface area contributed by atoms with Crippen LogP contribution in [0.2, 0.25) is 0 Å². The molecule has 3 atom stereocenters. The highest BCUT2D eigenvalue weighted by atomic mass is 19.3. The Kier molecular flexibility index (Phi) is 6.50. The lowest BCUT2D eigenvalue weighted by Crippen LogP contribution is -2.37. The molecule has 0 bridgehead atoms. The first kappa shape index (κ1) is 24.6. The summed E-state index contributed by atoms with van der Waals surface area (Å²) in [6.45, 7) is 1.74. The number of nitrogens with zero attached hydrogens (tertiary/aromatic N) is 3. The molecule has 0 saturated heterocycles. The molecule has 1 amide bonds. The molecular formula is C23H25F3N4O5. The number of carbonyl (C=O) groups excluding carboxylic acids is 1. The van der Waals surface area contributed by atoms with E-state index in [9.17, 15) is 23.1 Å². The van der Waals surface area contributed by atoms with Crippen molar-refractivity contribution < 1.29 is 37.3 Å². The fourth-order valence-corrected chi connectivity index (χ4v) is 3.33. The Morgan fingerprint density at radius 2 is 1.91 bits per heavy atom. The summed E-state index contributed by atoms with van der Waals surface area (Å²) in [5.41, 5.74) is -0.225. The molecule has 0 radical (unpaired) electrons. The van der Waals surface area contributed by atoms with Crippen LogP contribution in [-0.2, 0) is 0 Å². The van der Waals surface area contributed by atoms with Crippen molar-refractivity contribution in [2.75, 3.05) is 7.11 Å². The number of rotatable bonds is 9. The van der Waals surface area contributed by atoms with E-state index in [1.54, 1.807) is 26.8 Å². The van der Waals surface area contributed by atoms with Crippen LogP contribution in [0.1, 0.15) is 37.6 Å². The lowest BCUT2D eigenvalue weighted by molar-refractivity contribution is -0.0502. The van der Waals surface area contributed by atoms with Crippen molar-refractivity contribution in [3.05, 3.63) is 36.2 Å². The first-order valence-electron chi connectivity index (χ1n) is 10.8. The average Bonchev–Trinajstić information content (AvgIpc) is 3.29. The van der Waals surface area contributed by atoms with Crippen LogP contribution in [0.25, 0.3) is 16.9 Å². The Balaban J connectivity index is 1.72. The molecular weight excluding hydrogens is 469 g/mol. The number of amides is 1. The number of alkyl halides is 3. The van der Waals surface area contributed by atoms with Crippen molar-refractivity contribution in [3.63, 3.8) is 0 Å². The number of imidazole rings is 1. The number of nitrogens with one attached hydrogen (secondary N) is 1. The second-order valence-corrected chi connectivity index (χ2v) is 8.78. The largest absolute Gasteiger partial charge is 0.496 e. The first-order valence-corrected chi connectivity index (χ1v) is 10.8. The molecule has 1 aromatic carbocycles. The lowest BCUT2D eigenvalue weighted by Gasteiger charge is -2.26. The van der Waals surface area contributed by atoms with Crippen LogP contribution in [0, 0.1) is 0 Å². The fourth-order valence-electron chi connectivity index (χ4n) is 3.33. The Morgan fingerprint density at radius 1 is 1.23 bits per heavy atom. The van der Waals surface area contributed by atoms with Gasteiger partial charge in [-0.25, -0.2) is 13.9 Å². The van der Waals surface area contributed by atoms with Crippen LogP contribution in [0.4, 0.5) is 13.2 Å². The van der Waals surface area contributed by atoms with E-state index in [4.69, 9.17) is 9.47 Å². The van der Waals surface area contributed by atoms with Gasteiger partial charge in [0, 0.05) is 18.1 Å². The van der Waals surface area contributed by atoms with E-state index >= 15 is 0 Å². The summed E-state index contributed by atoms with van der Waals surface area (Å²) in [4.78, 5) is 17.0. The average molecular weight is 494 g/mol. The number of hydrogen-bond donors (Lipinski definition) is 2. The highest BCUT2D eigenvalue weighted by molar-refractivity contribution is 6.01. The van der Waals surface area contributed by atoms with Gasteiger partial charge in [-0.3, -0.25) is 4.79 Å². The summed E-state index contributed by atoms with van der Waals surface area (Å²) in [6, 6.07) is 3.64. The standard InChI is InChI=1S/C23H25F3N4O5/c1-11(23(2,3)32)34-13-7-19-27-10-16(30(19)28-9-13)12-5-17(33-4)20(18(6-12)35-22(25)26)21(31)29-15-8-14(15)24/h5-7,9-11,14-15,22,32H,8H2,1-4H3,(H,29,31)/t11-,14-,15?/m0/s1. The zero-order valence-electron chi connectivity index (χ0n) is 19.5. The minimum atomic E-state index is -3.21. The second kappa shape index (κ2) is 9.25. The molecule has 1 fully saturated rings. The molecule has 1 aliphatic rings. The molecule has 2 N–H and O–H groups in total. The van der Waals surface area contributed by atoms with Crippen molar-refractivity contribution in [3.8, 4) is 28.5 Å². The van der Waals surface area contributed by atoms with Crippen LogP contribution < -0.4 is 19.5 Å². The van der Waals surface area contributed by atoms with Gasteiger partial charge in [-0.2, -0.15) is 13.9 Å². The molecule has 0 spiro atoms. The summed E-state index contributed by atoms with van der Waals surface area (Å²) in [5.74, 6) is -0.882. The molecule has 35 heavy (non-hydrogen) atoms. The number of ether oxygens (including phenoxy) is 3. The molecule has 1 saturated carbocycles. The zero-order valence-corrected chi connectivity index (χ0v) is 19.5. The van der Waals surface area contributed by atoms with Gasteiger partial charge in [0.1, 0.15) is 35.1 Å². The smallest absolute Gasteiger partial charge is 0.387 e. The van der Waals surface area contributed by atoms with E-state index in [1.807, 2.05) is 0 Å². The Hall–Kier alpha value is -3.54. The maximum atomic E-state index is 13.3. The Labute approximate surface area is 198 Å². The minimum Gasteiger partial charge on any atom is -0.496 e. The summed E-state index contributed by atoms with van der Waals surface area (Å²) in [7, 11) is 1.28. The number of hydrogen-bond acceptors (Lipinski definition) is 7. The van der Waals surface area contributed by atoms with Crippen molar-refractivity contribution >= 4 is 11.6 Å². The van der Waals surface area contributed by atoms with Gasteiger partial charge in [0.05, 0.1) is 36.8 Å². The number of halogens is 3. The Bertz CT molecular complexity index is 1240. The third-order valence-electron chi connectivity index (χ3n) is 5.70. The molecule has 1 unspecified atom stereocenters. The molecule has 0 aliphatic heterocycles. The third kappa shape index (κ3) is 5.26. The van der Waals surface area contributed by atoms with Crippen LogP contribution in [0.5, 0.6) is 17.2 Å². The molecule has 1 aliphatic carbocycles. The van der Waals surface area contributed by atoms with Gasteiger partial charge in [0.2, 0.25) is 0 Å². The maximum absolute atomic E-state index is 13.3. The normalized spacial score (nSPS) is 18.4. The van der Waals surface area contributed by atoms with Crippen molar-refractivity contribution in [1.29, 1.82) is 0 Å². The van der Waals surface area contributed by atoms with E-state index in [0.29, 0.717) is 22.7 Å². The number of aromatic nitrogens is 3. The summed E-state index contributed by atoms with van der Waals surface area (Å²) in [5, 5.41) is 16.8. The second-order valence-electron chi connectivity index (χ2n) is 8.78.